The van der Waals surface area contributed by atoms with Crippen molar-refractivity contribution in [1.82, 2.24) is 0 Å². The Morgan fingerprint density at radius 2 is 2.54 bits per heavy atom. The van der Waals surface area contributed by atoms with Crippen molar-refractivity contribution in [1.29, 1.82) is 5.41 Å². The highest BCUT2D eigenvalue weighted by atomic mass is 16.3. The zero-order valence-electron chi connectivity index (χ0n) is 7.66. The summed E-state index contributed by atoms with van der Waals surface area (Å²) in [5.41, 5.74) is 0.971. The predicted molar refractivity (Wildman–Crippen MR) is 52.8 cm³/mol. The summed E-state index contributed by atoms with van der Waals surface area (Å²) in [6.45, 7) is 3.96. The molecular weight excluding hydrogens is 162 g/mol. The summed E-state index contributed by atoms with van der Waals surface area (Å²) in [6.07, 6.45) is 7.65. The molecule has 2 heteroatoms. The van der Waals surface area contributed by atoms with Crippen LogP contribution < -0.4 is 0 Å². The van der Waals surface area contributed by atoms with E-state index in [0.717, 1.165) is 18.4 Å². The van der Waals surface area contributed by atoms with Crippen LogP contribution in [-0.4, -0.2) is 17.9 Å². The van der Waals surface area contributed by atoms with Crippen LogP contribution in [0.3, 0.4) is 0 Å². The molecule has 0 aromatic rings. The number of aliphatic hydroxyl groups excluding tert-OH is 1. The topological polar surface area (TPSA) is 44.1 Å². The van der Waals surface area contributed by atoms with Gasteiger partial charge in [-0.2, -0.15) is 0 Å². The third-order valence-electron chi connectivity index (χ3n) is 3.73. The Morgan fingerprint density at radius 3 is 3.00 bits per heavy atom. The molecule has 0 aromatic heterocycles. The highest BCUT2D eigenvalue weighted by molar-refractivity contribution is 5.70. The lowest BCUT2D eigenvalue weighted by molar-refractivity contribution is 0.0657. The molecular formula is C11H15NO. The maximum absolute atomic E-state index is 9.13. The van der Waals surface area contributed by atoms with Gasteiger partial charge in [0.05, 0.1) is 6.61 Å². The Labute approximate surface area is 78.5 Å². The van der Waals surface area contributed by atoms with Crippen LogP contribution in [0.1, 0.15) is 12.8 Å². The van der Waals surface area contributed by atoms with Gasteiger partial charge >= 0.3 is 0 Å². The fourth-order valence-electron chi connectivity index (χ4n) is 2.79. The quantitative estimate of drug-likeness (QED) is 0.500. The molecule has 2 bridgehead atoms. The van der Waals surface area contributed by atoms with E-state index < -0.39 is 0 Å². The molecule has 0 radical (unpaired) electrons. The van der Waals surface area contributed by atoms with Gasteiger partial charge in [-0.25, -0.2) is 0 Å². The standard InChI is InChI=1S/C11H15NO/c1-2-11(7-12)9-4-3-8(6-13)10(11)5-9/h2-3,7,9-10,12-13H,1,4-6H2. The molecule has 3 aliphatic carbocycles. The molecule has 3 atom stereocenters. The van der Waals surface area contributed by atoms with Gasteiger partial charge in [0.2, 0.25) is 0 Å². The van der Waals surface area contributed by atoms with Crippen molar-refractivity contribution in [3.8, 4) is 0 Å². The molecule has 70 valence electrons. The van der Waals surface area contributed by atoms with E-state index in [1.54, 1.807) is 0 Å². The van der Waals surface area contributed by atoms with Crippen molar-refractivity contribution in [3.63, 3.8) is 0 Å². The number of nitrogens with one attached hydrogen (secondary N) is 1. The number of hydrogen-bond acceptors (Lipinski definition) is 2. The number of allylic oxidation sites excluding steroid dienone is 2. The summed E-state index contributed by atoms with van der Waals surface area (Å²) < 4.78 is 0. The molecule has 0 heterocycles. The molecule has 0 amide bonds. The fourth-order valence-corrected chi connectivity index (χ4v) is 2.79. The zero-order chi connectivity index (χ0) is 9.47. The third-order valence-corrected chi connectivity index (χ3v) is 3.73. The fraction of sp³-hybridized carbons (Fsp3) is 0.545. The summed E-state index contributed by atoms with van der Waals surface area (Å²) >= 11 is 0. The first-order chi connectivity index (χ1) is 6.28. The Bertz CT molecular complexity index is 272. The summed E-state index contributed by atoms with van der Waals surface area (Å²) in [5, 5.41) is 16.6. The molecule has 3 aliphatic rings. The lowest BCUT2D eigenvalue weighted by Crippen LogP contribution is -2.52. The minimum Gasteiger partial charge on any atom is -0.392 e. The van der Waals surface area contributed by atoms with E-state index in [1.807, 2.05) is 6.08 Å². The smallest absolute Gasteiger partial charge is 0.0644 e. The zero-order valence-corrected chi connectivity index (χ0v) is 7.66. The molecule has 3 rings (SSSR count). The van der Waals surface area contributed by atoms with Crippen molar-refractivity contribution in [2.45, 2.75) is 12.8 Å². The van der Waals surface area contributed by atoms with E-state index in [2.05, 4.69) is 12.7 Å². The minimum absolute atomic E-state index is 0.132. The molecule has 2 N–H and O–H groups in total. The lowest BCUT2D eigenvalue weighted by Gasteiger charge is -2.56. The van der Waals surface area contributed by atoms with Crippen molar-refractivity contribution in [2.24, 2.45) is 17.3 Å². The highest BCUT2D eigenvalue weighted by Crippen LogP contribution is 2.59. The Balaban J connectivity index is 2.33. The first kappa shape index (κ1) is 8.70. The average molecular weight is 177 g/mol. The summed E-state index contributed by atoms with van der Waals surface area (Å²) in [5.74, 6) is 0.911. The monoisotopic (exact) mass is 177 g/mol. The Morgan fingerprint density at radius 1 is 1.77 bits per heavy atom. The van der Waals surface area contributed by atoms with E-state index in [9.17, 15) is 0 Å². The molecule has 2 nitrogen and oxygen atoms in total. The van der Waals surface area contributed by atoms with Crippen molar-refractivity contribution >= 4 is 6.21 Å². The first-order valence-corrected chi connectivity index (χ1v) is 4.73. The molecule has 0 aliphatic heterocycles. The van der Waals surface area contributed by atoms with E-state index in [1.165, 1.54) is 6.21 Å². The highest BCUT2D eigenvalue weighted by Gasteiger charge is 2.54. The second-order valence-corrected chi connectivity index (χ2v) is 4.01. The van der Waals surface area contributed by atoms with Crippen LogP contribution in [0.4, 0.5) is 0 Å². The molecule has 1 fully saturated rings. The second-order valence-electron chi connectivity index (χ2n) is 4.01. The van der Waals surface area contributed by atoms with Gasteiger partial charge in [-0.1, -0.05) is 12.2 Å². The molecule has 0 aromatic carbocycles. The summed E-state index contributed by atoms with van der Waals surface area (Å²) in [6, 6.07) is 0. The van der Waals surface area contributed by atoms with Crippen LogP contribution in [0.5, 0.6) is 0 Å². The van der Waals surface area contributed by atoms with E-state index >= 15 is 0 Å². The van der Waals surface area contributed by atoms with Crippen molar-refractivity contribution in [3.05, 3.63) is 24.3 Å². The van der Waals surface area contributed by atoms with Gasteiger partial charge in [-0.05, 0) is 30.3 Å². The van der Waals surface area contributed by atoms with Gasteiger partial charge in [-0.3, -0.25) is 0 Å². The molecule has 13 heavy (non-hydrogen) atoms. The molecule has 3 unspecified atom stereocenters. The largest absolute Gasteiger partial charge is 0.392 e. The summed E-state index contributed by atoms with van der Waals surface area (Å²) in [4.78, 5) is 0. The minimum atomic E-state index is -0.132. The number of aliphatic hydroxyl groups is 1. The van der Waals surface area contributed by atoms with Gasteiger partial charge in [0.25, 0.3) is 0 Å². The first-order valence-electron chi connectivity index (χ1n) is 4.73. The van der Waals surface area contributed by atoms with E-state index in [0.29, 0.717) is 11.8 Å². The normalized spacial score (nSPS) is 41.8. The third kappa shape index (κ3) is 0.894. The molecule has 0 saturated heterocycles. The Kier molecular flexibility index (Phi) is 1.88. The van der Waals surface area contributed by atoms with Gasteiger partial charge in [0.15, 0.2) is 0 Å². The van der Waals surface area contributed by atoms with Gasteiger partial charge in [0, 0.05) is 11.6 Å². The maximum atomic E-state index is 9.13. The van der Waals surface area contributed by atoms with Gasteiger partial charge in [0.1, 0.15) is 0 Å². The van der Waals surface area contributed by atoms with Crippen LogP contribution in [0.25, 0.3) is 0 Å². The Hall–Kier alpha value is -0.890. The summed E-state index contributed by atoms with van der Waals surface area (Å²) in [7, 11) is 0. The van der Waals surface area contributed by atoms with Crippen molar-refractivity contribution in [2.75, 3.05) is 6.61 Å². The van der Waals surface area contributed by atoms with Crippen molar-refractivity contribution < 1.29 is 5.11 Å². The maximum Gasteiger partial charge on any atom is 0.0644 e. The predicted octanol–water partition coefficient (Wildman–Crippen LogP) is 1.77. The average Bonchev–Trinajstić information content (AvgIpc) is 2.20. The number of fused-ring (bicyclic) bond motifs is 1. The SMILES string of the molecule is C=CC1(C=N)C2CC=C(CO)C1C2. The molecule has 1 saturated carbocycles. The molecule has 0 spiro atoms. The van der Waals surface area contributed by atoms with Gasteiger partial charge in [-0.15, -0.1) is 6.58 Å². The van der Waals surface area contributed by atoms with Crippen LogP contribution in [-0.2, 0) is 0 Å². The number of hydrogen-bond donors (Lipinski definition) is 2. The van der Waals surface area contributed by atoms with E-state index in [-0.39, 0.29) is 12.0 Å². The van der Waals surface area contributed by atoms with Crippen LogP contribution >= 0.6 is 0 Å². The van der Waals surface area contributed by atoms with Crippen LogP contribution in [0, 0.1) is 22.7 Å². The van der Waals surface area contributed by atoms with Crippen LogP contribution in [0.15, 0.2) is 24.3 Å². The van der Waals surface area contributed by atoms with Crippen LogP contribution in [0.2, 0.25) is 0 Å². The lowest BCUT2D eigenvalue weighted by atomic mass is 9.47. The second kappa shape index (κ2) is 2.81. The number of rotatable bonds is 3. The van der Waals surface area contributed by atoms with E-state index in [4.69, 9.17) is 10.5 Å². The van der Waals surface area contributed by atoms with Gasteiger partial charge < -0.3 is 10.5 Å².